The van der Waals surface area contributed by atoms with Crippen molar-refractivity contribution in [2.24, 2.45) is 0 Å². The van der Waals surface area contributed by atoms with E-state index < -0.39 is 5.41 Å². The molecule has 64 heavy (non-hydrogen) atoms. The minimum Gasteiger partial charge on any atom is -0.455 e. The van der Waals surface area contributed by atoms with Crippen LogP contribution in [-0.4, -0.2) is 4.57 Å². The zero-order chi connectivity index (χ0) is 41.9. The average molecular weight is 815 g/mol. The summed E-state index contributed by atoms with van der Waals surface area (Å²) in [5.41, 5.74) is 20.7. The first-order valence-electron chi connectivity index (χ1n) is 22.1. The SMILES string of the molecule is c1ccc(-c2ccccc2N(c2ccc3c4c5oc6ccccc6c5ccc4n(-c4ccccc4)c3c2)c2cccc3c2-c2ccccc2C32c3ccccc3-c3ccccc32)cc1. The third kappa shape index (κ3) is 4.65. The zero-order valence-electron chi connectivity index (χ0n) is 34.7. The molecular weight excluding hydrogens is 777 g/mol. The van der Waals surface area contributed by atoms with Gasteiger partial charge >= 0.3 is 0 Å². The molecule has 0 saturated carbocycles. The molecule has 0 aliphatic heterocycles. The molecule has 12 aromatic rings. The predicted octanol–water partition coefficient (Wildman–Crippen LogP) is 16.2. The van der Waals surface area contributed by atoms with Crippen LogP contribution in [0.5, 0.6) is 0 Å². The van der Waals surface area contributed by atoms with Crippen molar-refractivity contribution in [2.45, 2.75) is 5.41 Å². The molecule has 2 aliphatic rings. The van der Waals surface area contributed by atoms with Crippen LogP contribution in [0.1, 0.15) is 22.3 Å². The molecule has 1 spiro atoms. The first-order chi connectivity index (χ1) is 31.8. The number of aromatic nitrogens is 1. The highest BCUT2D eigenvalue weighted by atomic mass is 16.3. The minimum atomic E-state index is -0.471. The van der Waals surface area contributed by atoms with Gasteiger partial charge in [0, 0.05) is 38.7 Å². The van der Waals surface area contributed by atoms with Gasteiger partial charge in [0.1, 0.15) is 11.2 Å². The number of rotatable bonds is 5. The maximum absolute atomic E-state index is 6.76. The summed E-state index contributed by atoms with van der Waals surface area (Å²) in [7, 11) is 0. The van der Waals surface area contributed by atoms with Crippen molar-refractivity contribution < 1.29 is 4.42 Å². The summed E-state index contributed by atoms with van der Waals surface area (Å²) in [6, 6.07) is 84.5. The van der Waals surface area contributed by atoms with Gasteiger partial charge in [-0.3, -0.25) is 0 Å². The molecule has 2 aromatic heterocycles. The second-order valence-corrected chi connectivity index (χ2v) is 17.1. The Balaban J connectivity index is 1.10. The van der Waals surface area contributed by atoms with Gasteiger partial charge in [0.2, 0.25) is 0 Å². The van der Waals surface area contributed by atoms with Crippen molar-refractivity contribution in [3.05, 3.63) is 253 Å². The summed E-state index contributed by atoms with van der Waals surface area (Å²) in [5.74, 6) is 0. The quantitative estimate of drug-likeness (QED) is 0.173. The second-order valence-electron chi connectivity index (χ2n) is 17.1. The van der Waals surface area contributed by atoms with E-state index in [9.17, 15) is 0 Å². The molecule has 0 saturated heterocycles. The number of para-hydroxylation sites is 3. The van der Waals surface area contributed by atoms with Gasteiger partial charge in [0.25, 0.3) is 0 Å². The number of fused-ring (bicyclic) bond motifs is 17. The van der Waals surface area contributed by atoms with Crippen LogP contribution < -0.4 is 4.90 Å². The van der Waals surface area contributed by atoms with Crippen LogP contribution in [0, 0.1) is 0 Å². The fraction of sp³-hybridized carbons (Fsp3) is 0.0164. The van der Waals surface area contributed by atoms with Crippen LogP contribution in [0.15, 0.2) is 235 Å². The van der Waals surface area contributed by atoms with Gasteiger partial charge in [-0.25, -0.2) is 0 Å². The van der Waals surface area contributed by atoms with E-state index in [1.807, 2.05) is 6.07 Å². The Hall–Kier alpha value is -8.40. The van der Waals surface area contributed by atoms with E-state index in [0.717, 1.165) is 77.6 Å². The summed E-state index contributed by atoms with van der Waals surface area (Å²) >= 11 is 0. The Bertz CT molecular complexity index is 3810. The summed E-state index contributed by atoms with van der Waals surface area (Å²) in [6.45, 7) is 0. The Kier molecular flexibility index (Phi) is 7.32. The van der Waals surface area contributed by atoms with Gasteiger partial charge in [0.05, 0.1) is 33.2 Å². The van der Waals surface area contributed by atoms with Crippen LogP contribution in [-0.2, 0) is 5.41 Å². The van der Waals surface area contributed by atoms with Crippen molar-refractivity contribution in [2.75, 3.05) is 4.90 Å². The Labute approximate surface area is 370 Å². The average Bonchev–Trinajstić information content (AvgIpc) is 4.09. The fourth-order valence-electron chi connectivity index (χ4n) is 11.5. The number of hydrogen-bond acceptors (Lipinski definition) is 2. The lowest BCUT2D eigenvalue weighted by atomic mass is 9.70. The van der Waals surface area contributed by atoms with E-state index in [1.165, 1.54) is 44.5 Å². The topological polar surface area (TPSA) is 21.3 Å². The van der Waals surface area contributed by atoms with Crippen LogP contribution in [0.4, 0.5) is 17.1 Å². The number of nitrogens with zero attached hydrogens (tertiary/aromatic N) is 2. The Morgan fingerprint density at radius 3 is 1.73 bits per heavy atom. The number of benzene rings is 10. The van der Waals surface area contributed by atoms with Gasteiger partial charge in [0.15, 0.2) is 0 Å². The normalized spacial score (nSPS) is 13.1. The molecule has 0 N–H and O–H groups in total. The van der Waals surface area contributed by atoms with Crippen molar-refractivity contribution in [3.63, 3.8) is 0 Å². The van der Waals surface area contributed by atoms with E-state index in [-0.39, 0.29) is 0 Å². The predicted molar refractivity (Wildman–Crippen MR) is 264 cm³/mol. The molecule has 0 atom stereocenters. The number of hydrogen-bond donors (Lipinski definition) is 0. The molecule has 3 heteroatoms. The highest BCUT2D eigenvalue weighted by Gasteiger charge is 2.52. The lowest BCUT2D eigenvalue weighted by Crippen LogP contribution is -2.26. The lowest BCUT2D eigenvalue weighted by Gasteiger charge is -2.32. The number of anilines is 3. The van der Waals surface area contributed by atoms with Crippen molar-refractivity contribution in [3.8, 4) is 39.1 Å². The lowest BCUT2D eigenvalue weighted by molar-refractivity contribution is 0.673. The molecule has 0 fully saturated rings. The third-order valence-electron chi connectivity index (χ3n) is 14.0. The Morgan fingerprint density at radius 2 is 0.969 bits per heavy atom. The second kappa shape index (κ2) is 13.3. The summed E-state index contributed by atoms with van der Waals surface area (Å²) in [6.07, 6.45) is 0. The molecule has 0 amide bonds. The van der Waals surface area contributed by atoms with Gasteiger partial charge in [-0.2, -0.15) is 0 Å². The molecule has 10 aromatic carbocycles. The molecule has 2 aliphatic carbocycles. The van der Waals surface area contributed by atoms with Crippen molar-refractivity contribution in [1.82, 2.24) is 4.57 Å². The fourth-order valence-corrected chi connectivity index (χ4v) is 11.5. The zero-order valence-corrected chi connectivity index (χ0v) is 34.7. The summed E-state index contributed by atoms with van der Waals surface area (Å²) < 4.78 is 9.17. The molecule has 298 valence electrons. The van der Waals surface area contributed by atoms with Crippen LogP contribution in [0.2, 0.25) is 0 Å². The minimum absolute atomic E-state index is 0.471. The first-order valence-corrected chi connectivity index (χ1v) is 22.1. The maximum Gasteiger partial charge on any atom is 0.145 e. The number of furan rings is 1. The third-order valence-corrected chi connectivity index (χ3v) is 14.0. The molecule has 0 unspecified atom stereocenters. The summed E-state index contributed by atoms with van der Waals surface area (Å²) in [4.78, 5) is 2.52. The Morgan fingerprint density at radius 1 is 0.391 bits per heavy atom. The van der Waals surface area contributed by atoms with Crippen molar-refractivity contribution >= 4 is 60.8 Å². The van der Waals surface area contributed by atoms with Crippen LogP contribution >= 0.6 is 0 Å². The van der Waals surface area contributed by atoms with Crippen LogP contribution in [0.25, 0.3) is 82.8 Å². The molecule has 0 radical (unpaired) electrons. The molecule has 14 rings (SSSR count). The highest BCUT2D eigenvalue weighted by Crippen LogP contribution is 2.65. The van der Waals surface area contributed by atoms with Crippen molar-refractivity contribution in [1.29, 1.82) is 0 Å². The van der Waals surface area contributed by atoms with E-state index >= 15 is 0 Å². The van der Waals surface area contributed by atoms with E-state index in [2.05, 4.69) is 234 Å². The molecule has 2 heterocycles. The highest BCUT2D eigenvalue weighted by molar-refractivity contribution is 6.24. The molecule has 3 nitrogen and oxygen atoms in total. The van der Waals surface area contributed by atoms with Gasteiger partial charge in [-0.05, 0) is 105 Å². The standard InChI is InChI=1S/C61H38N2O/c1-3-18-39(19-4-1)42-22-10-15-31-53(42)63(54-32-17-30-52-58(54)47-26-9-14-29-51(47)61(52)49-27-12-7-23-43(49)44-24-8-13-28-50(44)61)41-34-35-48-56(38-41)62(40-20-5-2-6-21-40)55-37-36-46-45-25-11-16-33-57(45)64-60(46)59(48)55/h1-38H. The van der Waals surface area contributed by atoms with E-state index in [4.69, 9.17) is 4.42 Å². The monoisotopic (exact) mass is 814 g/mol. The van der Waals surface area contributed by atoms with Gasteiger partial charge in [-0.15, -0.1) is 0 Å². The molecular formula is C61H38N2O. The van der Waals surface area contributed by atoms with E-state index in [1.54, 1.807) is 0 Å². The van der Waals surface area contributed by atoms with Gasteiger partial charge < -0.3 is 13.9 Å². The van der Waals surface area contributed by atoms with Crippen LogP contribution in [0.3, 0.4) is 0 Å². The maximum atomic E-state index is 6.76. The summed E-state index contributed by atoms with van der Waals surface area (Å²) in [5, 5.41) is 4.51. The van der Waals surface area contributed by atoms with Gasteiger partial charge in [-0.1, -0.05) is 170 Å². The van der Waals surface area contributed by atoms with E-state index in [0.29, 0.717) is 0 Å². The molecule has 0 bridgehead atoms. The smallest absolute Gasteiger partial charge is 0.145 e. The largest absolute Gasteiger partial charge is 0.455 e. The first kappa shape index (κ1) is 35.2.